The molecule has 2 aromatic heterocycles. The summed E-state index contributed by atoms with van der Waals surface area (Å²) >= 11 is 0. The Hall–Kier alpha value is -3.16. The zero-order chi connectivity index (χ0) is 21.9. The number of amides is 2. The summed E-state index contributed by atoms with van der Waals surface area (Å²) in [4.78, 5) is 14.7. The summed E-state index contributed by atoms with van der Waals surface area (Å²) in [6.07, 6.45) is 9.52. The Bertz CT molecular complexity index is 1080. The van der Waals surface area contributed by atoms with Crippen molar-refractivity contribution in [3.05, 3.63) is 36.5 Å². The lowest BCUT2D eigenvalue weighted by atomic mass is 9.96. The topological polar surface area (TPSA) is 88.0 Å². The van der Waals surface area contributed by atoms with Crippen LogP contribution in [0.25, 0.3) is 22.2 Å². The summed E-state index contributed by atoms with van der Waals surface area (Å²) in [5.41, 5.74) is 1.80. The molecule has 8 nitrogen and oxygen atoms in total. The van der Waals surface area contributed by atoms with Gasteiger partial charge in [-0.25, -0.2) is 4.79 Å². The molecule has 5 rings (SSSR count). The van der Waals surface area contributed by atoms with E-state index in [1.165, 1.54) is 19.3 Å². The normalized spacial score (nSPS) is 18.1. The van der Waals surface area contributed by atoms with E-state index >= 15 is 0 Å². The van der Waals surface area contributed by atoms with Gasteiger partial charge in [0.1, 0.15) is 5.69 Å². The average molecular weight is 434 g/mol. The maximum atomic E-state index is 12.4. The Labute approximate surface area is 188 Å². The molecule has 0 atom stereocenters. The van der Waals surface area contributed by atoms with Crippen LogP contribution in [0.5, 0.6) is 0 Å². The first-order valence-corrected chi connectivity index (χ1v) is 11.7. The zero-order valence-corrected chi connectivity index (χ0v) is 18.6. The Kier molecular flexibility index (Phi) is 5.92. The lowest BCUT2D eigenvalue weighted by Crippen LogP contribution is -2.50. The molecule has 2 amide bonds. The summed E-state index contributed by atoms with van der Waals surface area (Å²) < 4.78 is 1.83. The predicted molar refractivity (Wildman–Crippen MR) is 126 cm³/mol. The number of anilines is 1. The molecular weight excluding hydrogens is 402 g/mol. The maximum absolute atomic E-state index is 12.4. The molecule has 1 saturated carbocycles. The molecule has 2 N–H and O–H groups in total. The van der Waals surface area contributed by atoms with Gasteiger partial charge in [-0.3, -0.25) is 4.68 Å². The van der Waals surface area contributed by atoms with Crippen molar-refractivity contribution in [2.45, 2.75) is 57.0 Å². The van der Waals surface area contributed by atoms with E-state index in [9.17, 15) is 4.79 Å². The van der Waals surface area contributed by atoms with Gasteiger partial charge in [0.2, 0.25) is 0 Å². The fourth-order valence-electron chi connectivity index (χ4n) is 5.01. The average Bonchev–Trinajstić information content (AvgIpc) is 3.25. The van der Waals surface area contributed by atoms with Gasteiger partial charge < -0.3 is 15.5 Å². The van der Waals surface area contributed by atoms with Crippen LogP contribution in [0.4, 0.5) is 10.6 Å². The predicted octanol–water partition coefficient (Wildman–Crippen LogP) is 3.63. The van der Waals surface area contributed by atoms with Gasteiger partial charge in [0.05, 0.1) is 5.69 Å². The fraction of sp³-hybridized carbons (Fsp3) is 0.500. The number of aryl methyl sites for hydroxylation is 1. The van der Waals surface area contributed by atoms with Crippen molar-refractivity contribution in [3.63, 3.8) is 0 Å². The van der Waals surface area contributed by atoms with Gasteiger partial charge in [-0.1, -0.05) is 43.5 Å². The number of nitrogens with zero attached hydrogens (tertiary/aromatic N) is 5. The van der Waals surface area contributed by atoms with Crippen LogP contribution in [0.3, 0.4) is 0 Å². The highest BCUT2D eigenvalue weighted by Gasteiger charge is 2.25. The summed E-state index contributed by atoms with van der Waals surface area (Å²) in [5.74, 6) is 0.914. The molecule has 168 valence electrons. The van der Waals surface area contributed by atoms with Crippen molar-refractivity contribution in [3.8, 4) is 11.4 Å². The number of hydrogen-bond donors (Lipinski definition) is 2. The van der Waals surface area contributed by atoms with Crippen molar-refractivity contribution in [2.75, 3.05) is 18.0 Å². The van der Waals surface area contributed by atoms with E-state index in [0.29, 0.717) is 6.04 Å². The number of nitrogens with one attached hydrogen (secondary N) is 2. The molecule has 1 aliphatic carbocycles. The minimum Gasteiger partial charge on any atom is -0.354 e. The van der Waals surface area contributed by atoms with Crippen molar-refractivity contribution >= 4 is 22.6 Å². The Morgan fingerprint density at radius 1 is 0.906 bits per heavy atom. The molecule has 0 unspecified atom stereocenters. The smallest absolute Gasteiger partial charge is 0.315 e. The number of fused-ring (bicyclic) bond motifs is 1. The highest BCUT2D eigenvalue weighted by molar-refractivity contribution is 5.99. The molecular formula is C24H31N7O. The second-order valence-electron chi connectivity index (χ2n) is 8.97. The highest BCUT2D eigenvalue weighted by atomic mass is 16.2. The van der Waals surface area contributed by atoms with E-state index in [1.807, 2.05) is 29.9 Å². The second-order valence-corrected chi connectivity index (χ2v) is 8.97. The van der Waals surface area contributed by atoms with Crippen molar-refractivity contribution in [1.29, 1.82) is 0 Å². The molecule has 1 saturated heterocycles. The van der Waals surface area contributed by atoms with Gasteiger partial charge in [-0.15, -0.1) is 10.2 Å². The number of hydrogen-bond acceptors (Lipinski definition) is 5. The molecule has 32 heavy (non-hydrogen) atoms. The monoisotopic (exact) mass is 433 g/mol. The number of piperidine rings is 1. The lowest BCUT2D eigenvalue weighted by Gasteiger charge is -2.34. The summed E-state index contributed by atoms with van der Waals surface area (Å²) in [6, 6.07) is 10.8. The van der Waals surface area contributed by atoms with Crippen LogP contribution >= 0.6 is 0 Å². The molecule has 2 fully saturated rings. The SMILES string of the molecule is Cn1nccc1-c1nnc(N2CCC(NC(=O)NC3CCCCC3)CC2)c2ccccc12. The third-order valence-electron chi connectivity index (χ3n) is 6.80. The van der Waals surface area contributed by atoms with Gasteiger partial charge in [-0.2, -0.15) is 5.10 Å². The second kappa shape index (κ2) is 9.14. The number of benzene rings is 1. The molecule has 8 heteroatoms. The van der Waals surface area contributed by atoms with E-state index in [1.54, 1.807) is 6.20 Å². The number of urea groups is 1. The van der Waals surface area contributed by atoms with Crippen LogP contribution < -0.4 is 15.5 Å². The van der Waals surface area contributed by atoms with E-state index < -0.39 is 0 Å². The molecule has 0 bridgehead atoms. The first kappa shape index (κ1) is 20.7. The number of rotatable bonds is 4. The van der Waals surface area contributed by atoms with Gasteiger partial charge in [0.15, 0.2) is 5.82 Å². The molecule has 1 aliphatic heterocycles. The largest absolute Gasteiger partial charge is 0.354 e. The van der Waals surface area contributed by atoms with E-state index in [-0.39, 0.29) is 12.1 Å². The molecule has 1 aromatic carbocycles. The van der Waals surface area contributed by atoms with Crippen LogP contribution in [-0.2, 0) is 7.05 Å². The first-order valence-electron chi connectivity index (χ1n) is 11.7. The Morgan fingerprint density at radius 3 is 2.28 bits per heavy atom. The summed E-state index contributed by atoms with van der Waals surface area (Å²) in [5, 5.41) is 22.0. The number of carbonyl (C=O) groups excluding carboxylic acids is 1. The van der Waals surface area contributed by atoms with Gasteiger partial charge in [0.25, 0.3) is 0 Å². The van der Waals surface area contributed by atoms with E-state index in [0.717, 1.165) is 66.8 Å². The lowest BCUT2D eigenvalue weighted by molar-refractivity contribution is 0.226. The van der Waals surface area contributed by atoms with E-state index in [4.69, 9.17) is 0 Å². The van der Waals surface area contributed by atoms with Gasteiger partial charge in [-0.05, 0) is 31.7 Å². The minimum absolute atomic E-state index is 0.0129. The van der Waals surface area contributed by atoms with E-state index in [2.05, 4.69) is 43.0 Å². The highest BCUT2D eigenvalue weighted by Crippen LogP contribution is 2.32. The molecule has 3 heterocycles. The zero-order valence-electron chi connectivity index (χ0n) is 18.6. The summed E-state index contributed by atoms with van der Waals surface area (Å²) in [7, 11) is 1.92. The molecule has 0 spiro atoms. The molecule has 2 aliphatic rings. The Balaban J connectivity index is 1.26. The van der Waals surface area contributed by atoms with Crippen molar-refractivity contribution in [1.82, 2.24) is 30.6 Å². The van der Waals surface area contributed by atoms with Gasteiger partial charge >= 0.3 is 6.03 Å². The van der Waals surface area contributed by atoms with Crippen molar-refractivity contribution in [2.24, 2.45) is 7.05 Å². The van der Waals surface area contributed by atoms with Crippen LogP contribution in [0.15, 0.2) is 36.5 Å². The van der Waals surface area contributed by atoms with Gasteiger partial charge in [0, 0.05) is 49.2 Å². The quantitative estimate of drug-likeness (QED) is 0.656. The minimum atomic E-state index is -0.0129. The van der Waals surface area contributed by atoms with Crippen LogP contribution in [-0.4, -0.2) is 51.2 Å². The molecule has 3 aromatic rings. The maximum Gasteiger partial charge on any atom is 0.315 e. The molecule has 0 radical (unpaired) electrons. The van der Waals surface area contributed by atoms with Crippen LogP contribution in [0, 0.1) is 0 Å². The Morgan fingerprint density at radius 2 is 1.59 bits per heavy atom. The van der Waals surface area contributed by atoms with Crippen LogP contribution in [0.1, 0.15) is 44.9 Å². The first-order chi connectivity index (χ1) is 15.7. The number of carbonyl (C=O) groups is 1. The van der Waals surface area contributed by atoms with Crippen LogP contribution in [0.2, 0.25) is 0 Å². The number of aromatic nitrogens is 4. The third-order valence-corrected chi connectivity index (χ3v) is 6.80. The summed E-state index contributed by atoms with van der Waals surface area (Å²) in [6.45, 7) is 1.69. The third kappa shape index (κ3) is 4.26. The standard InChI is InChI=1S/C24H31N7O/c1-30-21(11-14-25-30)22-19-9-5-6-10-20(19)23(29-28-22)31-15-12-18(13-16-31)27-24(32)26-17-7-3-2-4-8-17/h5-6,9-11,14,17-18H,2-4,7-8,12-13,15-16H2,1H3,(H2,26,27,32). The van der Waals surface area contributed by atoms with Crippen molar-refractivity contribution < 1.29 is 4.79 Å². The fourth-order valence-corrected chi connectivity index (χ4v) is 5.01.